The van der Waals surface area contributed by atoms with Crippen LogP contribution in [0.2, 0.25) is 0 Å². The fourth-order valence-electron chi connectivity index (χ4n) is 1.18. The number of hydrogen-bond acceptors (Lipinski definition) is 1. The van der Waals surface area contributed by atoms with Gasteiger partial charge in [-0.1, -0.05) is 6.92 Å². The van der Waals surface area contributed by atoms with E-state index in [4.69, 9.17) is 5.11 Å². The summed E-state index contributed by atoms with van der Waals surface area (Å²) in [7, 11) is 0. The van der Waals surface area contributed by atoms with Crippen LogP contribution in [0.3, 0.4) is 0 Å². The second-order valence-corrected chi connectivity index (χ2v) is 2.57. The van der Waals surface area contributed by atoms with Crippen LogP contribution in [-0.4, -0.2) is 11.2 Å². The van der Waals surface area contributed by atoms with Gasteiger partial charge >= 0.3 is 0 Å². The highest BCUT2D eigenvalue weighted by Gasteiger charge is 2.17. The van der Waals surface area contributed by atoms with E-state index in [1.807, 2.05) is 0 Å². The van der Waals surface area contributed by atoms with Crippen molar-refractivity contribution in [1.82, 2.24) is 0 Å². The quantitative estimate of drug-likeness (QED) is 0.484. The summed E-state index contributed by atoms with van der Waals surface area (Å²) in [6, 6.07) is 0. The molecule has 1 nitrogen and oxygen atoms in total. The van der Waals surface area contributed by atoms with Crippen molar-refractivity contribution in [3.05, 3.63) is 0 Å². The fraction of sp³-hybridized carbons (Fsp3) is 1.00. The summed E-state index contributed by atoms with van der Waals surface area (Å²) in [6.07, 6.45) is 3.30. The first-order valence-corrected chi connectivity index (χ1v) is 2.97. The molecule has 1 heteroatoms. The normalized spacial score (nSPS) is 42.0. The van der Waals surface area contributed by atoms with Gasteiger partial charge in [0, 0.05) is 0 Å². The molecule has 1 N–H and O–H groups in total. The third-order valence-corrected chi connectivity index (χ3v) is 1.67. The summed E-state index contributed by atoms with van der Waals surface area (Å²) in [5.74, 6) is 0.773. The van der Waals surface area contributed by atoms with E-state index in [0.717, 1.165) is 18.8 Å². The molecule has 42 valence electrons. The van der Waals surface area contributed by atoms with Crippen LogP contribution in [0.15, 0.2) is 0 Å². The molecule has 0 bridgehead atoms. The Morgan fingerprint density at radius 3 is 2.29 bits per heavy atom. The zero-order chi connectivity index (χ0) is 5.28. The molecule has 0 spiro atoms. The first-order valence-electron chi connectivity index (χ1n) is 2.97. The number of rotatable bonds is 0. The summed E-state index contributed by atoms with van der Waals surface area (Å²) in [6.45, 7) is 2.19. The van der Waals surface area contributed by atoms with Gasteiger partial charge in [0.2, 0.25) is 0 Å². The van der Waals surface area contributed by atoms with Crippen molar-refractivity contribution in [2.45, 2.75) is 32.3 Å². The first-order chi connectivity index (χ1) is 3.29. The van der Waals surface area contributed by atoms with Crippen LogP contribution in [-0.2, 0) is 0 Å². The van der Waals surface area contributed by atoms with Crippen molar-refractivity contribution in [3.63, 3.8) is 0 Å². The van der Waals surface area contributed by atoms with Gasteiger partial charge in [0.15, 0.2) is 0 Å². The van der Waals surface area contributed by atoms with Gasteiger partial charge in [0.25, 0.3) is 0 Å². The third-order valence-electron chi connectivity index (χ3n) is 1.67. The van der Waals surface area contributed by atoms with Crippen molar-refractivity contribution >= 4 is 0 Å². The van der Waals surface area contributed by atoms with E-state index in [2.05, 4.69) is 6.92 Å². The van der Waals surface area contributed by atoms with Gasteiger partial charge < -0.3 is 5.11 Å². The molecule has 0 aliphatic heterocycles. The maximum atomic E-state index is 8.90. The molecule has 0 radical (unpaired) electrons. The lowest BCUT2D eigenvalue weighted by atomic mass is 10.1. The average Bonchev–Trinajstić information content (AvgIpc) is 1.87. The van der Waals surface area contributed by atoms with Crippen molar-refractivity contribution in [2.24, 2.45) is 5.92 Å². The molecule has 0 aromatic rings. The van der Waals surface area contributed by atoms with E-state index in [-0.39, 0.29) is 6.10 Å². The summed E-state index contributed by atoms with van der Waals surface area (Å²) in [5.41, 5.74) is 0. The Kier molecular flexibility index (Phi) is 1.33. The van der Waals surface area contributed by atoms with Crippen molar-refractivity contribution in [1.29, 1.82) is 0 Å². The summed E-state index contributed by atoms with van der Waals surface area (Å²) in [4.78, 5) is 0. The molecular formula is C6H12O. The van der Waals surface area contributed by atoms with Gasteiger partial charge in [0.05, 0.1) is 6.10 Å². The van der Waals surface area contributed by atoms with Gasteiger partial charge in [0.1, 0.15) is 0 Å². The molecule has 0 aromatic carbocycles. The lowest BCUT2D eigenvalue weighted by Gasteiger charge is -1.95. The first kappa shape index (κ1) is 5.10. The molecule has 0 heterocycles. The van der Waals surface area contributed by atoms with Gasteiger partial charge in [-0.3, -0.25) is 0 Å². The van der Waals surface area contributed by atoms with Crippen LogP contribution in [0.5, 0.6) is 0 Å². The van der Waals surface area contributed by atoms with Crippen LogP contribution in [0.1, 0.15) is 26.2 Å². The van der Waals surface area contributed by atoms with Gasteiger partial charge in [-0.05, 0) is 25.2 Å². The molecule has 0 unspecified atom stereocenters. The van der Waals surface area contributed by atoms with E-state index >= 15 is 0 Å². The maximum absolute atomic E-state index is 8.90. The van der Waals surface area contributed by atoms with Crippen molar-refractivity contribution in [2.75, 3.05) is 0 Å². The Morgan fingerprint density at radius 1 is 1.43 bits per heavy atom. The van der Waals surface area contributed by atoms with Crippen molar-refractivity contribution in [3.8, 4) is 0 Å². The summed E-state index contributed by atoms with van der Waals surface area (Å²) in [5, 5.41) is 8.90. The van der Waals surface area contributed by atoms with Crippen LogP contribution >= 0.6 is 0 Å². The number of aliphatic hydroxyl groups is 1. The zero-order valence-electron chi connectivity index (χ0n) is 4.72. The second kappa shape index (κ2) is 1.83. The van der Waals surface area contributed by atoms with Gasteiger partial charge in [-0.25, -0.2) is 0 Å². The second-order valence-electron chi connectivity index (χ2n) is 2.57. The Labute approximate surface area is 44.4 Å². The average molecular weight is 100 g/mol. The van der Waals surface area contributed by atoms with Crippen molar-refractivity contribution < 1.29 is 5.11 Å². The summed E-state index contributed by atoms with van der Waals surface area (Å²) >= 11 is 0. The highest BCUT2D eigenvalue weighted by Crippen LogP contribution is 2.23. The minimum absolute atomic E-state index is 0.0231. The molecule has 1 aliphatic carbocycles. The van der Waals surface area contributed by atoms with Crippen LogP contribution < -0.4 is 0 Å². The standard InChI is InChI=1S/C6H12O/c1-5-2-3-6(7)4-5/h5-7H,2-4H2,1H3/t5-,6-/m1/s1. The predicted molar refractivity (Wildman–Crippen MR) is 29.0 cm³/mol. The molecule has 0 saturated heterocycles. The minimum atomic E-state index is 0.0231. The Balaban J connectivity index is 2.26. The highest BCUT2D eigenvalue weighted by molar-refractivity contribution is 4.70. The lowest BCUT2D eigenvalue weighted by Crippen LogP contribution is -1.97. The van der Waals surface area contributed by atoms with E-state index < -0.39 is 0 Å². The lowest BCUT2D eigenvalue weighted by molar-refractivity contribution is 0.179. The van der Waals surface area contributed by atoms with Crippen LogP contribution in [0.4, 0.5) is 0 Å². The molecule has 0 amide bonds. The highest BCUT2D eigenvalue weighted by atomic mass is 16.3. The third kappa shape index (κ3) is 1.16. The SMILES string of the molecule is C[C@@H]1CC[C@@H](O)C1. The van der Waals surface area contributed by atoms with E-state index in [9.17, 15) is 0 Å². The van der Waals surface area contributed by atoms with Gasteiger partial charge in [-0.15, -0.1) is 0 Å². The Hall–Kier alpha value is -0.0400. The molecule has 7 heavy (non-hydrogen) atoms. The smallest absolute Gasteiger partial charge is 0.0542 e. The molecule has 2 atom stereocenters. The van der Waals surface area contributed by atoms with E-state index in [1.54, 1.807) is 0 Å². The number of hydrogen-bond donors (Lipinski definition) is 1. The molecule has 1 fully saturated rings. The minimum Gasteiger partial charge on any atom is -0.393 e. The zero-order valence-corrected chi connectivity index (χ0v) is 4.72. The van der Waals surface area contributed by atoms with Crippen LogP contribution in [0.25, 0.3) is 0 Å². The van der Waals surface area contributed by atoms with E-state index in [1.165, 1.54) is 6.42 Å². The Bertz CT molecular complexity index is 53.2. The summed E-state index contributed by atoms with van der Waals surface area (Å²) < 4.78 is 0. The Morgan fingerprint density at radius 2 is 2.14 bits per heavy atom. The topological polar surface area (TPSA) is 20.2 Å². The number of aliphatic hydroxyl groups excluding tert-OH is 1. The van der Waals surface area contributed by atoms with Gasteiger partial charge in [-0.2, -0.15) is 0 Å². The monoisotopic (exact) mass is 100 g/mol. The van der Waals surface area contributed by atoms with Crippen LogP contribution in [0, 0.1) is 5.92 Å². The molecular weight excluding hydrogens is 88.1 g/mol. The maximum Gasteiger partial charge on any atom is 0.0542 e. The molecule has 1 rings (SSSR count). The molecule has 1 aliphatic rings. The molecule has 1 saturated carbocycles. The van der Waals surface area contributed by atoms with E-state index in [0.29, 0.717) is 0 Å². The molecule has 0 aromatic heterocycles. The predicted octanol–water partition coefficient (Wildman–Crippen LogP) is 1.17. The fourth-order valence-corrected chi connectivity index (χ4v) is 1.18. The largest absolute Gasteiger partial charge is 0.393 e.